The molecule has 0 spiro atoms. The van der Waals surface area contributed by atoms with Crippen LogP contribution in [0.3, 0.4) is 0 Å². The second kappa shape index (κ2) is 7.56. The van der Waals surface area contributed by atoms with Gasteiger partial charge in [-0.3, -0.25) is 0 Å². The van der Waals surface area contributed by atoms with Crippen LogP contribution in [0.1, 0.15) is 35.7 Å². The molecule has 0 saturated carbocycles. The van der Waals surface area contributed by atoms with Gasteiger partial charge in [-0.1, -0.05) is 6.07 Å². The summed E-state index contributed by atoms with van der Waals surface area (Å²) in [7, 11) is 1.57. The number of methoxy groups -OCH3 is 1. The van der Waals surface area contributed by atoms with Crippen LogP contribution in [0.2, 0.25) is 0 Å². The number of aryl methyl sites for hydroxylation is 1. The Morgan fingerprint density at radius 1 is 1.30 bits per heavy atom. The molecule has 5 nitrogen and oxygen atoms in total. The Morgan fingerprint density at radius 2 is 2.19 bits per heavy atom. The Labute approximate surface area is 159 Å². The number of hydrogen-bond acceptors (Lipinski definition) is 5. The first-order valence-electron chi connectivity index (χ1n) is 9.38. The average Bonchev–Trinajstić information content (AvgIpc) is 3.33. The minimum atomic E-state index is -0.267. The van der Waals surface area contributed by atoms with E-state index in [1.807, 2.05) is 6.20 Å². The van der Waals surface area contributed by atoms with Crippen molar-refractivity contribution < 1.29 is 9.13 Å². The Balaban J connectivity index is 1.54. The molecular weight excluding hydrogens is 343 g/mol. The molecule has 0 amide bonds. The van der Waals surface area contributed by atoms with Gasteiger partial charge in [0.1, 0.15) is 17.4 Å². The van der Waals surface area contributed by atoms with Crippen LogP contribution in [-0.2, 0) is 0 Å². The summed E-state index contributed by atoms with van der Waals surface area (Å²) in [5, 5.41) is 10.2. The van der Waals surface area contributed by atoms with Gasteiger partial charge in [0, 0.05) is 25.2 Å². The van der Waals surface area contributed by atoms with E-state index >= 15 is 0 Å². The molecule has 1 aromatic heterocycles. The van der Waals surface area contributed by atoms with Crippen molar-refractivity contribution in [1.29, 1.82) is 0 Å². The number of hydrogen-bond donors (Lipinski definition) is 3. The molecule has 6 heteroatoms. The van der Waals surface area contributed by atoms with Gasteiger partial charge in [0.25, 0.3) is 0 Å². The monoisotopic (exact) mass is 368 g/mol. The van der Waals surface area contributed by atoms with Crippen molar-refractivity contribution in [2.75, 3.05) is 25.5 Å². The van der Waals surface area contributed by atoms with E-state index in [0.717, 1.165) is 42.2 Å². The van der Waals surface area contributed by atoms with E-state index < -0.39 is 0 Å². The minimum absolute atomic E-state index is 0.0199. The maximum atomic E-state index is 14.4. The molecule has 142 valence electrons. The van der Waals surface area contributed by atoms with E-state index in [-0.39, 0.29) is 11.9 Å². The van der Waals surface area contributed by atoms with E-state index in [9.17, 15) is 4.39 Å². The topological polar surface area (TPSA) is 58.2 Å². The van der Waals surface area contributed by atoms with Gasteiger partial charge in [0.15, 0.2) is 0 Å². The lowest BCUT2D eigenvalue weighted by molar-refractivity contribution is 0.409. The fraction of sp³-hybridized carbons (Fsp3) is 0.381. The van der Waals surface area contributed by atoms with E-state index in [2.05, 4.69) is 35.0 Å². The third kappa shape index (κ3) is 3.76. The predicted molar refractivity (Wildman–Crippen MR) is 105 cm³/mol. The maximum Gasteiger partial charge on any atom is 0.134 e. The van der Waals surface area contributed by atoms with Crippen molar-refractivity contribution in [3.05, 3.63) is 59.2 Å². The highest BCUT2D eigenvalue weighted by molar-refractivity contribution is 5.73. The summed E-state index contributed by atoms with van der Waals surface area (Å²) in [6.45, 7) is 4.08. The number of nitrogens with one attached hydrogen (secondary N) is 3. The van der Waals surface area contributed by atoms with E-state index in [0.29, 0.717) is 23.8 Å². The summed E-state index contributed by atoms with van der Waals surface area (Å²) < 4.78 is 19.7. The van der Waals surface area contributed by atoms with Gasteiger partial charge in [0.2, 0.25) is 0 Å². The third-order valence-electron chi connectivity index (χ3n) is 5.16. The number of anilines is 1. The zero-order chi connectivity index (χ0) is 18.8. The smallest absolute Gasteiger partial charge is 0.134 e. The number of ether oxygens (including phenoxy) is 1. The van der Waals surface area contributed by atoms with Crippen LogP contribution in [0.5, 0.6) is 5.75 Å². The molecule has 27 heavy (non-hydrogen) atoms. The fourth-order valence-corrected chi connectivity index (χ4v) is 3.82. The van der Waals surface area contributed by atoms with Crippen molar-refractivity contribution in [2.24, 2.45) is 0 Å². The SMILES string of the molecule is COc1cccc(F)c1C1=CNC(c2cc(C)cc(N[C@@H]3CCNC3)n2)C1. The zero-order valence-electron chi connectivity index (χ0n) is 15.7. The molecule has 1 saturated heterocycles. The van der Waals surface area contributed by atoms with E-state index in [1.54, 1.807) is 19.2 Å². The van der Waals surface area contributed by atoms with Crippen LogP contribution in [0.25, 0.3) is 5.57 Å². The standard InChI is InChI=1S/C21H25FN4O/c1-13-8-18(26-20(9-13)25-15-6-7-23-12-15)17-10-14(11-24-17)21-16(22)4-3-5-19(21)27-2/h3-5,8-9,11,15,17,23-24H,6-7,10,12H2,1-2H3,(H,25,26)/t15-,17?/m1/s1. The first kappa shape index (κ1) is 17.8. The van der Waals surface area contributed by atoms with Gasteiger partial charge in [-0.15, -0.1) is 0 Å². The average molecular weight is 368 g/mol. The maximum absolute atomic E-state index is 14.4. The summed E-state index contributed by atoms with van der Waals surface area (Å²) in [5.74, 6) is 1.19. The Morgan fingerprint density at radius 3 is 2.96 bits per heavy atom. The largest absolute Gasteiger partial charge is 0.496 e. The van der Waals surface area contributed by atoms with Gasteiger partial charge in [-0.25, -0.2) is 9.37 Å². The molecule has 2 aliphatic heterocycles. The lowest BCUT2D eigenvalue weighted by atomic mass is 9.99. The van der Waals surface area contributed by atoms with Crippen LogP contribution in [-0.4, -0.2) is 31.2 Å². The van der Waals surface area contributed by atoms with Crippen molar-refractivity contribution >= 4 is 11.4 Å². The van der Waals surface area contributed by atoms with Crippen LogP contribution >= 0.6 is 0 Å². The quantitative estimate of drug-likeness (QED) is 0.755. The molecule has 2 aliphatic rings. The van der Waals surface area contributed by atoms with Gasteiger partial charge in [-0.2, -0.15) is 0 Å². The molecule has 4 rings (SSSR count). The van der Waals surface area contributed by atoms with E-state index in [1.165, 1.54) is 6.07 Å². The molecule has 2 atom stereocenters. The summed E-state index contributed by atoms with van der Waals surface area (Å²) in [4.78, 5) is 4.81. The molecule has 1 aromatic carbocycles. The van der Waals surface area contributed by atoms with Gasteiger partial charge in [-0.05, 0) is 55.3 Å². The molecule has 1 unspecified atom stereocenters. The second-order valence-corrected chi connectivity index (χ2v) is 7.20. The van der Waals surface area contributed by atoms with Crippen molar-refractivity contribution in [3.63, 3.8) is 0 Å². The number of pyridine rings is 1. The Hall–Kier alpha value is -2.60. The van der Waals surface area contributed by atoms with Crippen LogP contribution < -0.4 is 20.7 Å². The Kier molecular flexibility index (Phi) is 4.99. The number of benzene rings is 1. The minimum Gasteiger partial charge on any atom is -0.496 e. The molecule has 2 aromatic rings. The summed E-state index contributed by atoms with van der Waals surface area (Å²) >= 11 is 0. The highest BCUT2D eigenvalue weighted by Gasteiger charge is 2.25. The molecular formula is C21H25FN4O. The third-order valence-corrected chi connectivity index (χ3v) is 5.16. The zero-order valence-corrected chi connectivity index (χ0v) is 15.7. The first-order chi connectivity index (χ1) is 13.1. The van der Waals surface area contributed by atoms with Gasteiger partial charge in [0.05, 0.1) is 24.4 Å². The van der Waals surface area contributed by atoms with E-state index in [4.69, 9.17) is 9.72 Å². The normalized spacial score (nSPS) is 21.7. The lowest BCUT2D eigenvalue weighted by Gasteiger charge is -2.17. The molecule has 0 radical (unpaired) electrons. The molecule has 0 aliphatic carbocycles. The highest BCUT2D eigenvalue weighted by atomic mass is 19.1. The van der Waals surface area contributed by atoms with Crippen LogP contribution in [0.4, 0.5) is 10.2 Å². The van der Waals surface area contributed by atoms with Crippen molar-refractivity contribution in [1.82, 2.24) is 15.6 Å². The highest BCUT2D eigenvalue weighted by Crippen LogP contribution is 2.37. The summed E-state index contributed by atoms with van der Waals surface area (Å²) in [6, 6.07) is 9.52. The number of halogens is 1. The second-order valence-electron chi connectivity index (χ2n) is 7.20. The van der Waals surface area contributed by atoms with Crippen LogP contribution in [0.15, 0.2) is 36.5 Å². The van der Waals surface area contributed by atoms with Gasteiger partial charge < -0.3 is 20.7 Å². The summed E-state index contributed by atoms with van der Waals surface area (Å²) in [5.41, 5.74) is 3.54. The molecule has 3 heterocycles. The van der Waals surface area contributed by atoms with Crippen molar-refractivity contribution in [2.45, 2.75) is 31.8 Å². The van der Waals surface area contributed by atoms with Crippen LogP contribution in [0, 0.1) is 12.7 Å². The fourth-order valence-electron chi connectivity index (χ4n) is 3.82. The first-order valence-corrected chi connectivity index (χ1v) is 9.38. The summed E-state index contributed by atoms with van der Waals surface area (Å²) in [6.07, 6.45) is 3.65. The number of nitrogens with zero attached hydrogens (tertiary/aromatic N) is 1. The molecule has 3 N–H and O–H groups in total. The number of aromatic nitrogens is 1. The predicted octanol–water partition coefficient (Wildman–Crippen LogP) is 3.39. The van der Waals surface area contributed by atoms with Gasteiger partial charge >= 0.3 is 0 Å². The Bertz CT molecular complexity index is 861. The molecule has 0 bridgehead atoms. The lowest BCUT2D eigenvalue weighted by Crippen LogP contribution is -2.23. The number of rotatable bonds is 5. The van der Waals surface area contributed by atoms with Crippen molar-refractivity contribution in [3.8, 4) is 5.75 Å². The molecule has 1 fully saturated rings.